The molecule has 3 heterocycles. The molecule has 4 rings (SSSR count). The molecule has 2 N–H and O–H groups in total. The smallest absolute Gasteiger partial charge is 0.252 e. The van der Waals surface area contributed by atoms with Crippen LogP contribution in [0, 0.1) is 5.92 Å². The Morgan fingerprint density at radius 3 is 2.59 bits per heavy atom. The molecule has 1 aromatic carbocycles. The summed E-state index contributed by atoms with van der Waals surface area (Å²) in [5.74, 6) is 0.427. The quantitative estimate of drug-likeness (QED) is 0.584. The number of pyridine rings is 1. The van der Waals surface area contributed by atoms with E-state index in [2.05, 4.69) is 22.1 Å². The number of hydrogen-bond acceptors (Lipinski definition) is 5. The van der Waals surface area contributed by atoms with Crippen LogP contribution in [0.4, 0.5) is 0 Å². The number of hydrogen-bond donors (Lipinski definition) is 2. The van der Waals surface area contributed by atoms with Gasteiger partial charge in [0.15, 0.2) is 0 Å². The third kappa shape index (κ3) is 5.53. The van der Waals surface area contributed by atoms with E-state index in [1.165, 1.54) is 31.0 Å². The van der Waals surface area contributed by atoms with E-state index in [1.54, 1.807) is 10.4 Å². The molecule has 1 unspecified atom stereocenters. The monoisotopic (exact) mass is 488 g/mol. The molecule has 1 amide bonds. The van der Waals surface area contributed by atoms with Crippen molar-refractivity contribution in [2.75, 3.05) is 32.7 Å². The first-order chi connectivity index (χ1) is 16.3. The van der Waals surface area contributed by atoms with E-state index in [0.29, 0.717) is 24.0 Å². The maximum Gasteiger partial charge on any atom is 0.252 e. The van der Waals surface area contributed by atoms with Gasteiger partial charge in [0.1, 0.15) is 0 Å². The molecule has 1 atom stereocenters. The van der Waals surface area contributed by atoms with E-state index in [-0.39, 0.29) is 28.0 Å². The third-order valence-corrected chi connectivity index (χ3v) is 9.23. The van der Waals surface area contributed by atoms with Gasteiger partial charge in [-0.3, -0.25) is 9.59 Å². The highest BCUT2D eigenvalue weighted by Crippen LogP contribution is 2.27. The molecule has 8 nitrogen and oxygen atoms in total. The zero-order valence-electron chi connectivity index (χ0n) is 20.2. The molecule has 9 heteroatoms. The fourth-order valence-corrected chi connectivity index (χ4v) is 6.76. The second kappa shape index (κ2) is 10.6. The molecule has 0 radical (unpaired) electrons. The maximum absolute atomic E-state index is 13.3. The number of rotatable bonds is 7. The average Bonchev–Trinajstić information content (AvgIpc) is 2.82. The van der Waals surface area contributed by atoms with Crippen LogP contribution in [-0.2, 0) is 10.0 Å². The lowest BCUT2D eigenvalue weighted by Gasteiger charge is -2.32. The fraction of sp³-hybridized carbons (Fsp3) is 0.600. The number of sulfonamides is 1. The molecule has 1 aromatic heterocycles. The number of aromatic amines is 1. The van der Waals surface area contributed by atoms with Gasteiger partial charge in [-0.15, -0.1) is 0 Å². The van der Waals surface area contributed by atoms with E-state index in [0.717, 1.165) is 51.2 Å². The normalized spacial score (nSPS) is 21.1. The summed E-state index contributed by atoms with van der Waals surface area (Å²) in [6, 6.07) is 5.80. The van der Waals surface area contributed by atoms with Crippen molar-refractivity contribution in [2.45, 2.75) is 63.3 Å². The Labute approximate surface area is 201 Å². The number of H-pyrrole nitrogens is 1. The fourth-order valence-electron chi connectivity index (χ4n) is 5.03. The molecule has 0 spiro atoms. The van der Waals surface area contributed by atoms with Crippen LogP contribution in [-0.4, -0.2) is 67.3 Å². The van der Waals surface area contributed by atoms with Gasteiger partial charge < -0.3 is 15.2 Å². The minimum absolute atomic E-state index is 0.0593. The number of carbonyl (C=O) groups excluding carboxylic acids is 1. The zero-order chi connectivity index (χ0) is 24.3. The largest absolute Gasteiger partial charge is 0.352 e. The highest BCUT2D eigenvalue weighted by molar-refractivity contribution is 7.89. The highest BCUT2D eigenvalue weighted by atomic mass is 32.2. The molecule has 34 heavy (non-hydrogen) atoms. The first kappa shape index (κ1) is 24.9. The van der Waals surface area contributed by atoms with Crippen LogP contribution in [0.5, 0.6) is 0 Å². The number of nitrogens with one attached hydrogen (secondary N) is 2. The lowest BCUT2D eigenvalue weighted by atomic mass is 9.99. The van der Waals surface area contributed by atoms with Crippen LogP contribution in [0.15, 0.2) is 34.0 Å². The molecule has 2 saturated heterocycles. The number of carbonyl (C=O) groups is 1. The number of aromatic nitrogens is 1. The summed E-state index contributed by atoms with van der Waals surface area (Å²) in [5.41, 5.74) is 0.264. The molecule has 2 aliphatic heterocycles. The van der Waals surface area contributed by atoms with Gasteiger partial charge in [0.05, 0.1) is 10.5 Å². The molecular weight excluding hydrogens is 452 g/mol. The maximum atomic E-state index is 13.3. The summed E-state index contributed by atoms with van der Waals surface area (Å²) >= 11 is 0. The predicted molar refractivity (Wildman–Crippen MR) is 134 cm³/mol. The van der Waals surface area contributed by atoms with E-state index < -0.39 is 10.0 Å². The summed E-state index contributed by atoms with van der Waals surface area (Å²) in [6.07, 6.45) is 5.96. The molecule has 0 bridgehead atoms. The summed E-state index contributed by atoms with van der Waals surface area (Å²) < 4.78 is 28.2. The van der Waals surface area contributed by atoms with Crippen molar-refractivity contribution in [2.24, 2.45) is 5.92 Å². The van der Waals surface area contributed by atoms with Gasteiger partial charge in [0.2, 0.25) is 15.6 Å². The Hall–Kier alpha value is -2.23. The molecule has 0 aliphatic carbocycles. The second-order valence-corrected chi connectivity index (χ2v) is 11.7. The summed E-state index contributed by atoms with van der Waals surface area (Å²) in [5, 5.41) is 3.35. The van der Waals surface area contributed by atoms with Gasteiger partial charge in [-0.2, -0.15) is 4.31 Å². The second-order valence-electron chi connectivity index (χ2n) is 9.85. The van der Waals surface area contributed by atoms with Gasteiger partial charge in [-0.25, -0.2) is 8.42 Å². The van der Waals surface area contributed by atoms with Gasteiger partial charge in [-0.1, -0.05) is 13.3 Å². The van der Waals surface area contributed by atoms with E-state index in [9.17, 15) is 18.0 Å². The van der Waals surface area contributed by atoms with Gasteiger partial charge >= 0.3 is 0 Å². The molecular formula is C25H36N4O4S. The third-order valence-electron chi connectivity index (χ3n) is 7.22. The molecule has 2 aliphatic rings. The van der Waals surface area contributed by atoms with Gasteiger partial charge in [-0.05, 0) is 82.8 Å². The van der Waals surface area contributed by atoms with E-state index in [4.69, 9.17) is 0 Å². The summed E-state index contributed by atoms with van der Waals surface area (Å²) in [7, 11) is -3.69. The van der Waals surface area contributed by atoms with Crippen LogP contribution in [0.3, 0.4) is 0 Å². The molecule has 2 aromatic rings. The Morgan fingerprint density at radius 2 is 1.85 bits per heavy atom. The Bertz CT molecular complexity index is 1190. The SMILES string of the molecule is CC1CCN(CCCNC(=O)c2cc(=O)[nH]c3ccc(S(=O)(=O)N4CCCCC4C)cc23)CC1. The number of nitrogens with zero attached hydrogens (tertiary/aromatic N) is 2. The molecule has 0 saturated carbocycles. The summed E-state index contributed by atoms with van der Waals surface area (Å²) in [6.45, 7) is 8.34. The Morgan fingerprint density at radius 1 is 1.09 bits per heavy atom. The van der Waals surface area contributed by atoms with Crippen LogP contribution >= 0.6 is 0 Å². The van der Waals surface area contributed by atoms with Gasteiger partial charge in [0, 0.05) is 36.1 Å². The zero-order valence-corrected chi connectivity index (χ0v) is 21.0. The van der Waals surface area contributed by atoms with Crippen molar-refractivity contribution in [3.05, 3.63) is 40.2 Å². The standard InChI is InChI=1S/C25H36N4O4S/c1-18-9-14-28(15-10-18)12-5-11-26-25(31)22-17-24(30)27-23-8-7-20(16-21(22)23)34(32,33)29-13-4-3-6-19(29)2/h7-8,16-19H,3-6,9-15H2,1-2H3,(H,26,31)(H,27,30). The predicted octanol–water partition coefficient (Wildman–Crippen LogP) is 2.94. The average molecular weight is 489 g/mol. The highest BCUT2D eigenvalue weighted by Gasteiger charge is 2.31. The van der Waals surface area contributed by atoms with Crippen molar-refractivity contribution in [3.63, 3.8) is 0 Å². The van der Waals surface area contributed by atoms with E-state index >= 15 is 0 Å². The first-order valence-electron chi connectivity index (χ1n) is 12.4. The van der Waals surface area contributed by atoms with Crippen LogP contribution in [0.1, 0.15) is 62.7 Å². The van der Waals surface area contributed by atoms with Crippen molar-refractivity contribution < 1.29 is 13.2 Å². The number of amides is 1. The first-order valence-corrected chi connectivity index (χ1v) is 13.9. The Kier molecular flexibility index (Phi) is 7.74. The van der Waals surface area contributed by atoms with Crippen LogP contribution < -0.4 is 10.9 Å². The van der Waals surface area contributed by atoms with Crippen molar-refractivity contribution in [1.82, 2.24) is 19.5 Å². The number of benzene rings is 1. The number of fused-ring (bicyclic) bond motifs is 1. The van der Waals surface area contributed by atoms with Crippen molar-refractivity contribution >= 4 is 26.8 Å². The minimum Gasteiger partial charge on any atom is -0.352 e. The van der Waals surface area contributed by atoms with Crippen LogP contribution in [0.2, 0.25) is 0 Å². The van der Waals surface area contributed by atoms with Crippen molar-refractivity contribution in [1.29, 1.82) is 0 Å². The molecule has 2 fully saturated rings. The lowest BCUT2D eigenvalue weighted by molar-refractivity contribution is 0.0952. The van der Waals surface area contributed by atoms with E-state index in [1.807, 2.05) is 6.92 Å². The van der Waals surface area contributed by atoms with Crippen molar-refractivity contribution in [3.8, 4) is 0 Å². The van der Waals surface area contributed by atoms with Gasteiger partial charge in [0.25, 0.3) is 5.91 Å². The molecule has 186 valence electrons. The Balaban J connectivity index is 1.50. The van der Waals surface area contributed by atoms with Crippen LogP contribution in [0.25, 0.3) is 10.9 Å². The summed E-state index contributed by atoms with van der Waals surface area (Å²) in [4.78, 5) is 30.4. The number of piperidine rings is 2. The topological polar surface area (TPSA) is 103 Å². The number of likely N-dealkylation sites (tertiary alicyclic amines) is 1. The lowest BCUT2D eigenvalue weighted by Crippen LogP contribution is -2.41. The minimum atomic E-state index is -3.69.